The van der Waals surface area contributed by atoms with E-state index in [0.717, 1.165) is 6.42 Å². The summed E-state index contributed by atoms with van der Waals surface area (Å²) in [7, 11) is 0.124. The maximum absolute atomic E-state index is 11.6. The van der Waals surface area contributed by atoms with Crippen LogP contribution in [0.3, 0.4) is 0 Å². The lowest BCUT2D eigenvalue weighted by Gasteiger charge is -2.17. The average molecular weight is 382 g/mol. The van der Waals surface area contributed by atoms with Crippen LogP contribution in [0.5, 0.6) is 0 Å². The molecule has 0 rings (SSSR count). The van der Waals surface area contributed by atoms with E-state index >= 15 is 0 Å². The van der Waals surface area contributed by atoms with Crippen molar-refractivity contribution in [3.05, 3.63) is 0 Å². The Hall–Kier alpha value is -0.660. The van der Waals surface area contributed by atoms with E-state index in [9.17, 15) is 13.2 Å². The molecule has 0 saturated carbocycles. The summed E-state index contributed by atoms with van der Waals surface area (Å²) in [6.07, 6.45) is 13.7. The van der Waals surface area contributed by atoms with Gasteiger partial charge in [-0.05, 0) is 27.4 Å². The zero-order valence-corrected chi connectivity index (χ0v) is 17.6. The van der Waals surface area contributed by atoms with Crippen LogP contribution in [-0.4, -0.2) is 56.8 Å². The van der Waals surface area contributed by atoms with E-state index < -0.39 is 10.1 Å². The Morgan fingerprint density at radius 3 is 1.68 bits per heavy atom. The van der Waals surface area contributed by atoms with Gasteiger partial charge in [-0.3, -0.25) is 14.2 Å². The number of nitrogens with zero attached hydrogens (tertiary/aromatic N) is 1. The van der Waals surface area contributed by atoms with Crippen molar-refractivity contribution in [3.8, 4) is 0 Å². The zero-order valence-electron chi connectivity index (χ0n) is 16.8. The number of hydrogen-bond donors (Lipinski definition) is 1. The number of esters is 1. The number of ether oxygens (including phenoxy) is 1. The highest BCUT2D eigenvalue weighted by atomic mass is 32.2. The van der Waals surface area contributed by atoms with E-state index in [1.807, 2.05) is 25.9 Å². The van der Waals surface area contributed by atoms with Crippen LogP contribution in [0.2, 0.25) is 0 Å². The number of carbonyl (C=O) groups excluding carboxylic acids is 1. The van der Waals surface area contributed by atoms with Crippen LogP contribution in [0.1, 0.15) is 78.1 Å². The van der Waals surface area contributed by atoms with Crippen molar-refractivity contribution in [3.63, 3.8) is 0 Å². The monoisotopic (exact) mass is 381 g/mol. The van der Waals surface area contributed by atoms with Crippen molar-refractivity contribution in [2.45, 2.75) is 84.1 Å². The molecule has 0 spiro atoms. The van der Waals surface area contributed by atoms with Gasteiger partial charge in [-0.25, -0.2) is 0 Å². The smallest absolute Gasteiger partial charge is 0.323 e. The topological polar surface area (TPSA) is 83.9 Å². The number of likely N-dealkylation sites (N-methyl/N-ethyl adjacent to an activating group) is 1. The summed E-state index contributed by atoms with van der Waals surface area (Å²) < 4.78 is 31.1. The Balaban J connectivity index is 0. The van der Waals surface area contributed by atoms with E-state index in [1.165, 1.54) is 57.8 Å². The molecule has 0 aliphatic heterocycles. The maximum atomic E-state index is 11.6. The lowest BCUT2D eigenvalue weighted by Crippen LogP contribution is -2.34. The van der Waals surface area contributed by atoms with Gasteiger partial charge in [-0.15, -0.1) is 0 Å². The average Bonchev–Trinajstić information content (AvgIpc) is 2.49. The SMILES string of the molecule is CCCCCCCCCCCCOC(=O)C(C)N(C)C.CS(=O)(=O)O. The predicted octanol–water partition coefficient (Wildman–Crippen LogP) is 3.90. The molecule has 1 N–H and O–H groups in total. The van der Waals surface area contributed by atoms with Crippen molar-refractivity contribution in [1.29, 1.82) is 0 Å². The molecule has 0 aromatic carbocycles. The number of hydrogen-bond acceptors (Lipinski definition) is 5. The lowest BCUT2D eigenvalue weighted by molar-refractivity contribution is -0.148. The molecule has 0 heterocycles. The molecule has 0 radical (unpaired) electrons. The Labute approximate surface area is 155 Å². The van der Waals surface area contributed by atoms with E-state index in [1.54, 1.807) is 0 Å². The second kappa shape index (κ2) is 16.8. The van der Waals surface area contributed by atoms with Crippen LogP contribution in [0, 0.1) is 0 Å². The number of unbranched alkanes of at least 4 members (excludes halogenated alkanes) is 9. The minimum absolute atomic E-state index is 0.106. The first-order valence-corrected chi connectivity index (χ1v) is 11.2. The number of rotatable bonds is 13. The van der Waals surface area contributed by atoms with Gasteiger partial charge in [0.1, 0.15) is 6.04 Å². The van der Waals surface area contributed by atoms with E-state index in [2.05, 4.69) is 6.92 Å². The van der Waals surface area contributed by atoms with Gasteiger partial charge in [-0.1, -0.05) is 64.7 Å². The van der Waals surface area contributed by atoms with Crippen LogP contribution in [0.4, 0.5) is 0 Å². The first-order chi connectivity index (χ1) is 11.6. The first kappa shape index (κ1) is 26.6. The van der Waals surface area contributed by atoms with Crippen LogP contribution in [0.25, 0.3) is 0 Å². The van der Waals surface area contributed by atoms with Gasteiger partial charge in [-0.2, -0.15) is 8.42 Å². The summed E-state index contributed by atoms with van der Waals surface area (Å²) >= 11 is 0. The van der Waals surface area contributed by atoms with Gasteiger partial charge in [0.05, 0.1) is 12.9 Å². The Kier molecular flexibility index (Phi) is 17.8. The third-order valence-corrected chi connectivity index (χ3v) is 3.86. The molecule has 0 bridgehead atoms. The molecule has 25 heavy (non-hydrogen) atoms. The molecule has 0 aliphatic rings. The summed E-state index contributed by atoms with van der Waals surface area (Å²) in [6, 6.07) is -0.141. The van der Waals surface area contributed by atoms with Crippen LogP contribution in [-0.2, 0) is 19.6 Å². The van der Waals surface area contributed by atoms with Gasteiger partial charge in [0.25, 0.3) is 10.1 Å². The molecule has 0 aliphatic carbocycles. The fourth-order valence-corrected chi connectivity index (χ4v) is 2.09. The highest BCUT2D eigenvalue weighted by Crippen LogP contribution is 2.10. The lowest BCUT2D eigenvalue weighted by atomic mass is 10.1. The van der Waals surface area contributed by atoms with Crippen LogP contribution in [0.15, 0.2) is 0 Å². The van der Waals surface area contributed by atoms with Crippen LogP contribution >= 0.6 is 0 Å². The molecule has 1 unspecified atom stereocenters. The van der Waals surface area contributed by atoms with Crippen molar-refractivity contribution >= 4 is 16.1 Å². The van der Waals surface area contributed by atoms with E-state index in [4.69, 9.17) is 9.29 Å². The molecule has 0 saturated heterocycles. The molecule has 0 aromatic rings. The second-order valence-electron chi connectivity index (χ2n) is 6.72. The molecule has 6 nitrogen and oxygen atoms in total. The Morgan fingerprint density at radius 2 is 1.32 bits per heavy atom. The minimum atomic E-state index is -3.67. The largest absolute Gasteiger partial charge is 0.465 e. The molecular weight excluding hydrogens is 342 g/mol. The van der Waals surface area contributed by atoms with Gasteiger partial charge < -0.3 is 4.74 Å². The third-order valence-electron chi connectivity index (χ3n) is 3.86. The minimum Gasteiger partial charge on any atom is -0.465 e. The van der Waals surface area contributed by atoms with Gasteiger partial charge >= 0.3 is 5.97 Å². The van der Waals surface area contributed by atoms with Crippen molar-refractivity contribution in [2.75, 3.05) is 27.0 Å². The molecule has 0 aromatic heterocycles. The molecule has 152 valence electrons. The standard InChI is InChI=1S/C17H35NO2.CH4O3S/c1-5-6-7-8-9-10-11-12-13-14-15-20-17(19)16(2)18(3)4;1-5(2,3)4/h16H,5-15H2,1-4H3;1H3,(H,2,3,4). The molecule has 7 heteroatoms. The van der Waals surface area contributed by atoms with Gasteiger partial charge in [0.15, 0.2) is 0 Å². The molecule has 1 atom stereocenters. The normalized spacial score (nSPS) is 12.4. The second-order valence-corrected chi connectivity index (χ2v) is 8.19. The Bertz CT molecular complexity index is 402. The summed E-state index contributed by atoms with van der Waals surface area (Å²) in [4.78, 5) is 13.5. The summed E-state index contributed by atoms with van der Waals surface area (Å²) in [5.41, 5.74) is 0. The van der Waals surface area contributed by atoms with Crippen molar-refractivity contribution in [1.82, 2.24) is 4.90 Å². The van der Waals surface area contributed by atoms with Crippen molar-refractivity contribution < 1.29 is 22.5 Å². The maximum Gasteiger partial charge on any atom is 0.323 e. The van der Waals surface area contributed by atoms with E-state index in [-0.39, 0.29) is 12.0 Å². The summed E-state index contributed by atoms with van der Waals surface area (Å²) in [5, 5.41) is 0. The van der Waals surface area contributed by atoms with Gasteiger partial charge in [0.2, 0.25) is 0 Å². The highest BCUT2D eigenvalue weighted by molar-refractivity contribution is 7.85. The van der Waals surface area contributed by atoms with Gasteiger partial charge in [0, 0.05) is 0 Å². The molecular formula is C18H39NO5S. The fraction of sp³-hybridized carbons (Fsp3) is 0.944. The predicted molar refractivity (Wildman–Crippen MR) is 103 cm³/mol. The first-order valence-electron chi connectivity index (χ1n) is 9.35. The number of carbonyl (C=O) groups is 1. The highest BCUT2D eigenvalue weighted by Gasteiger charge is 2.15. The molecule has 0 amide bonds. The quantitative estimate of drug-likeness (QED) is 0.296. The summed E-state index contributed by atoms with van der Waals surface area (Å²) in [5.74, 6) is -0.106. The van der Waals surface area contributed by atoms with Crippen molar-refractivity contribution in [2.24, 2.45) is 0 Å². The molecule has 0 fully saturated rings. The van der Waals surface area contributed by atoms with Crippen LogP contribution < -0.4 is 0 Å². The Morgan fingerprint density at radius 1 is 0.960 bits per heavy atom. The zero-order chi connectivity index (χ0) is 19.7. The summed E-state index contributed by atoms with van der Waals surface area (Å²) in [6.45, 7) is 4.71. The third kappa shape index (κ3) is 25.7. The van der Waals surface area contributed by atoms with E-state index in [0.29, 0.717) is 12.9 Å². The fourth-order valence-electron chi connectivity index (χ4n) is 2.09.